The molecule has 3 rings (SSSR count). The van der Waals surface area contributed by atoms with E-state index in [9.17, 15) is 8.42 Å². The number of fused-ring (bicyclic) bond motifs is 1. The molecule has 0 heterocycles. The molecule has 0 aliphatic rings. The molecule has 4 nitrogen and oxygen atoms in total. The Morgan fingerprint density at radius 1 is 0.818 bits per heavy atom. The standard InChI is InChI=1S/C16H13NO3S.K.H/c18-21(19)20-15-11-5-7-12-6-4-10-14(16(12)15)17-13-8-2-1-3-9-13;;/h1-11,17,21H;;. The summed E-state index contributed by atoms with van der Waals surface area (Å²) in [6.45, 7) is 0. The fourth-order valence-corrected chi connectivity index (χ4v) is 2.56. The van der Waals surface area contributed by atoms with Crippen molar-refractivity contribution in [3.8, 4) is 5.75 Å². The molecule has 0 aliphatic heterocycles. The number of hydrogen-bond donors (Lipinski definition) is 2. The minimum atomic E-state index is -2.95. The average Bonchev–Trinajstić information content (AvgIpc) is 2.48. The first-order valence-corrected chi connectivity index (χ1v) is 7.50. The molecule has 0 unspecified atom stereocenters. The topological polar surface area (TPSA) is 55.4 Å². The third kappa shape index (κ3) is 4.10. The van der Waals surface area contributed by atoms with Crippen molar-refractivity contribution in [3.05, 3.63) is 66.7 Å². The van der Waals surface area contributed by atoms with Crippen molar-refractivity contribution >= 4 is 84.5 Å². The second-order valence-electron chi connectivity index (χ2n) is 4.47. The second-order valence-corrected chi connectivity index (χ2v) is 5.10. The van der Waals surface area contributed by atoms with E-state index in [0.29, 0.717) is 5.75 Å². The number of thiol groups is 1. The van der Waals surface area contributed by atoms with Crippen molar-refractivity contribution in [2.75, 3.05) is 5.32 Å². The average molecular weight is 339 g/mol. The fraction of sp³-hybridized carbons (Fsp3) is 0. The van der Waals surface area contributed by atoms with Crippen molar-refractivity contribution in [2.24, 2.45) is 0 Å². The maximum absolute atomic E-state index is 10.9. The zero-order valence-corrected chi connectivity index (χ0v) is 11.9. The monoisotopic (exact) mass is 339 g/mol. The van der Waals surface area contributed by atoms with Gasteiger partial charge in [-0.15, -0.1) is 0 Å². The van der Waals surface area contributed by atoms with Gasteiger partial charge >= 0.3 is 51.4 Å². The summed E-state index contributed by atoms with van der Waals surface area (Å²) in [4.78, 5) is 0. The Balaban J connectivity index is 0.00000176. The van der Waals surface area contributed by atoms with E-state index in [0.717, 1.165) is 22.1 Å². The summed E-state index contributed by atoms with van der Waals surface area (Å²) in [6.07, 6.45) is 0. The number of nitrogens with one attached hydrogen (secondary N) is 1. The fourth-order valence-electron chi connectivity index (χ4n) is 2.24. The molecule has 3 aromatic carbocycles. The van der Waals surface area contributed by atoms with Crippen LogP contribution in [0.3, 0.4) is 0 Å². The summed E-state index contributed by atoms with van der Waals surface area (Å²) in [5, 5.41) is 4.93. The molecule has 0 spiro atoms. The number of hydrogen-bond acceptors (Lipinski definition) is 4. The van der Waals surface area contributed by atoms with Gasteiger partial charge < -0.3 is 9.50 Å². The van der Waals surface area contributed by atoms with Crippen LogP contribution < -0.4 is 9.50 Å². The summed E-state index contributed by atoms with van der Waals surface area (Å²) < 4.78 is 26.7. The summed E-state index contributed by atoms with van der Waals surface area (Å²) >= 11 is 0. The van der Waals surface area contributed by atoms with Crippen molar-refractivity contribution in [3.63, 3.8) is 0 Å². The van der Waals surface area contributed by atoms with Crippen LogP contribution in [0.25, 0.3) is 10.8 Å². The van der Waals surface area contributed by atoms with Gasteiger partial charge in [-0.1, -0.05) is 42.5 Å². The van der Waals surface area contributed by atoms with Crippen LogP contribution in [0.4, 0.5) is 11.4 Å². The molecule has 22 heavy (non-hydrogen) atoms. The normalized spacial score (nSPS) is 10.2. The van der Waals surface area contributed by atoms with Gasteiger partial charge in [-0.25, -0.2) is 0 Å². The third-order valence-corrected chi connectivity index (χ3v) is 3.44. The van der Waals surface area contributed by atoms with Crippen molar-refractivity contribution in [1.82, 2.24) is 0 Å². The molecule has 0 atom stereocenters. The van der Waals surface area contributed by atoms with Crippen LogP contribution in [-0.4, -0.2) is 59.8 Å². The maximum atomic E-state index is 10.9. The zero-order chi connectivity index (χ0) is 14.7. The van der Waals surface area contributed by atoms with Gasteiger partial charge in [-0.05, 0) is 29.7 Å². The molecule has 0 saturated carbocycles. The number of anilines is 2. The molecule has 0 saturated heterocycles. The summed E-state index contributed by atoms with van der Waals surface area (Å²) in [5.41, 5.74) is 1.72. The minimum absolute atomic E-state index is 0. The number of benzene rings is 3. The van der Waals surface area contributed by atoms with Crippen molar-refractivity contribution in [2.45, 2.75) is 0 Å². The van der Waals surface area contributed by atoms with E-state index in [2.05, 4.69) is 5.32 Å². The van der Waals surface area contributed by atoms with Crippen LogP contribution in [0.1, 0.15) is 0 Å². The molecule has 0 amide bonds. The molecular formula is C16H14KNO3S. The number of rotatable bonds is 4. The van der Waals surface area contributed by atoms with Crippen molar-refractivity contribution in [1.29, 1.82) is 0 Å². The Hall–Kier alpha value is -0.894. The first kappa shape index (κ1) is 17.5. The first-order chi connectivity index (χ1) is 10.2. The quantitative estimate of drug-likeness (QED) is 0.567. The van der Waals surface area contributed by atoms with E-state index < -0.39 is 11.0 Å². The molecule has 0 aliphatic carbocycles. The molecule has 3 aromatic rings. The Kier molecular flexibility index (Phi) is 6.43. The van der Waals surface area contributed by atoms with E-state index in [1.807, 2.05) is 54.6 Å². The summed E-state index contributed by atoms with van der Waals surface area (Å²) in [7, 11) is -2.95. The second kappa shape index (κ2) is 8.10. The van der Waals surface area contributed by atoms with Gasteiger partial charge in [0.1, 0.15) is 0 Å². The predicted octanol–water partition coefficient (Wildman–Crippen LogP) is 2.84. The molecule has 0 fully saturated rings. The molecule has 108 valence electrons. The Morgan fingerprint density at radius 2 is 1.50 bits per heavy atom. The van der Waals surface area contributed by atoms with E-state index in [1.165, 1.54) is 0 Å². The molecule has 0 radical (unpaired) electrons. The number of para-hydroxylation sites is 1. The van der Waals surface area contributed by atoms with Crippen LogP contribution in [0.5, 0.6) is 5.75 Å². The van der Waals surface area contributed by atoms with Crippen LogP contribution in [0, 0.1) is 0 Å². The van der Waals surface area contributed by atoms with E-state index in [4.69, 9.17) is 4.18 Å². The molecular weight excluding hydrogens is 325 g/mol. The van der Waals surface area contributed by atoms with Crippen LogP contribution in [-0.2, 0) is 11.0 Å². The first-order valence-electron chi connectivity index (χ1n) is 6.40. The summed E-state index contributed by atoms with van der Waals surface area (Å²) in [6, 6.07) is 20.7. The van der Waals surface area contributed by atoms with E-state index in [1.54, 1.807) is 12.1 Å². The van der Waals surface area contributed by atoms with E-state index in [-0.39, 0.29) is 51.4 Å². The zero-order valence-electron chi connectivity index (χ0n) is 11.0. The molecule has 1 N–H and O–H groups in total. The van der Waals surface area contributed by atoms with Gasteiger partial charge in [0.15, 0.2) is 5.75 Å². The Morgan fingerprint density at radius 3 is 2.18 bits per heavy atom. The Bertz CT molecular complexity index is 837. The van der Waals surface area contributed by atoms with E-state index >= 15 is 0 Å². The summed E-state index contributed by atoms with van der Waals surface area (Å²) in [5.74, 6) is 0.322. The SMILES string of the molecule is O=[SH](=O)Oc1cccc2cccc(Nc3ccccc3)c12.[KH]. The Labute approximate surface area is 173 Å². The predicted molar refractivity (Wildman–Crippen MR) is 91.8 cm³/mol. The van der Waals surface area contributed by atoms with Crippen LogP contribution >= 0.6 is 0 Å². The molecule has 0 bridgehead atoms. The van der Waals surface area contributed by atoms with Gasteiger partial charge in [0.25, 0.3) is 11.0 Å². The van der Waals surface area contributed by atoms with Crippen molar-refractivity contribution < 1.29 is 12.6 Å². The van der Waals surface area contributed by atoms with Crippen LogP contribution in [0.15, 0.2) is 66.7 Å². The molecule has 0 aromatic heterocycles. The third-order valence-electron chi connectivity index (χ3n) is 3.09. The van der Waals surface area contributed by atoms with Gasteiger partial charge in [-0.3, -0.25) is 0 Å². The van der Waals surface area contributed by atoms with Gasteiger partial charge in [-0.2, -0.15) is 8.42 Å². The van der Waals surface area contributed by atoms with Gasteiger partial charge in [0, 0.05) is 11.1 Å². The van der Waals surface area contributed by atoms with Gasteiger partial charge in [0.05, 0.1) is 5.69 Å². The van der Waals surface area contributed by atoms with Gasteiger partial charge in [0.2, 0.25) is 0 Å². The van der Waals surface area contributed by atoms with Crippen LogP contribution in [0.2, 0.25) is 0 Å². The molecule has 6 heteroatoms.